The van der Waals surface area contributed by atoms with Crippen molar-refractivity contribution in [2.24, 2.45) is 5.73 Å². The number of aromatic nitrogens is 3. The third kappa shape index (κ3) is 2.57. The van der Waals surface area contributed by atoms with E-state index in [1.54, 1.807) is 4.68 Å². The highest BCUT2D eigenvalue weighted by Gasteiger charge is 2.18. The summed E-state index contributed by atoms with van der Waals surface area (Å²) in [4.78, 5) is 0. The number of hydrogen-bond acceptors (Lipinski definition) is 5. The second-order valence-electron chi connectivity index (χ2n) is 4.49. The highest BCUT2D eigenvalue weighted by molar-refractivity contribution is 6.32. The average molecular weight is 295 g/mol. The fourth-order valence-electron chi connectivity index (χ4n) is 2.05. The van der Waals surface area contributed by atoms with Crippen LogP contribution in [0.3, 0.4) is 0 Å². The zero-order valence-electron chi connectivity index (χ0n) is 10.9. The summed E-state index contributed by atoms with van der Waals surface area (Å²) in [5, 5.41) is 8.74. The fraction of sp³-hybridized carbons (Fsp3) is 0.385. The van der Waals surface area contributed by atoms with Crippen LogP contribution in [0, 0.1) is 0 Å². The Balaban J connectivity index is 1.90. The van der Waals surface area contributed by atoms with Crippen LogP contribution in [0.15, 0.2) is 18.3 Å². The van der Waals surface area contributed by atoms with Crippen LogP contribution in [0.2, 0.25) is 5.02 Å². The van der Waals surface area contributed by atoms with E-state index in [0.29, 0.717) is 36.3 Å². The van der Waals surface area contributed by atoms with Gasteiger partial charge >= 0.3 is 0 Å². The van der Waals surface area contributed by atoms with Crippen LogP contribution in [-0.4, -0.2) is 34.8 Å². The Kier molecular flexibility index (Phi) is 3.75. The number of ether oxygens (including phenoxy) is 2. The summed E-state index contributed by atoms with van der Waals surface area (Å²) in [7, 11) is 0. The molecule has 0 radical (unpaired) electrons. The Hall–Kier alpha value is -1.79. The van der Waals surface area contributed by atoms with Gasteiger partial charge in [0.05, 0.1) is 11.2 Å². The highest BCUT2D eigenvalue weighted by atomic mass is 35.5. The van der Waals surface area contributed by atoms with Crippen molar-refractivity contribution < 1.29 is 9.47 Å². The molecule has 0 amide bonds. The first-order valence-corrected chi connectivity index (χ1v) is 6.85. The second kappa shape index (κ2) is 5.68. The zero-order valence-corrected chi connectivity index (χ0v) is 11.6. The maximum atomic E-state index is 6.21. The molecule has 0 fully saturated rings. The molecule has 1 aliphatic heterocycles. The number of benzene rings is 1. The van der Waals surface area contributed by atoms with Gasteiger partial charge in [0, 0.05) is 12.1 Å². The van der Waals surface area contributed by atoms with Crippen LogP contribution >= 0.6 is 11.6 Å². The molecule has 106 valence electrons. The molecule has 3 rings (SSSR count). The van der Waals surface area contributed by atoms with Gasteiger partial charge in [0.2, 0.25) is 0 Å². The van der Waals surface area contributed by atoms with E-state index >= 15 is 0 Å². The minimum absolute atomic E-state index is 0.515. The van der Waals surface area contributed by atoms with Gasteiger partial charge < -0.3 is 15.2 Å². The number of fused-ring (bicyclic) bond motifs is 1. The Bertz CT molecular complexity index is 614. The molecule has 6 nitrogen and oxygen atoms in total. The van der Waals surface area contributed by atoms with Gasteiger partial charge in [-0.3, -0.25) is 4.68 Å². The Labute approximate surface area is 121 Å². The molecular weight excluding hydrogens is 280 g/mol. The second-order valence-corrected chi connectivity index (χ2v) is 4.90. The SMILES string of the molecule is NCCCn1cc(-c2cc(Cl)c3c(c2)OCCO3)nn1. The highest BCUT2D eigenvalue weighted by Crippen LogP contribution is 2.40. The van der Waals surface area contributed by atoms with Crippen molar-refractivity contribution in [3.63, 3.8) is 0 Å². The number of nitrogens with zero attached hydrogens (tertiary/aromatic N) is 3. The molecule has 1 aromatic carbocycles. The smallest absolute Gasteiger partial charge is 0.179 e. The van der Waals surface area contributed by atoms with Gasteiger partial charge in [0.15, 0.2) is 11.5 Å². The van der Waals surface area contributed by atoms with Gasteiger partial charge in [-0.15, -0.1) is 5.10 Å². The molecule has 0 saturated carbocycles. The largest absolute Gasteiger partial charge is 0.486 e. The van der Waals surface area contributed by atoms with Crippen LogP contribution in [0.5, 0.6) is 11.5 Å². The van der Waals surface area contributed by atoms with E-state index in [1.165, 1.54) is 0 Å². The van der Waals surface area contributed by atoms with Crippen molar-refractivity contribution in [2.45, 2.75) is 13.0 Å². The molecule has 2 N–H and O–H groups in total. The lowest BCUT2D eigenvalue weighted by atomic mass is 10.1. The quantitative estimate of drug-likeness (QED) is 0.929. The topological polar surface area (TPSA) is 75.2 Å². The predicted octanol–water partition coefficient (Wildman–Crippen LogP) is 1.72. The van der Waals surface area contributed by atoms with Crippen molar-refractivity contribution in [3.8, 4) is 22.8 Å². The molecule has 0 aliphatic carbocycles. The first kappa shape index (κ1) is 13.2. The van der Waals surface area contributed by atoms with Crippen molar-refractivity contribution in [3.05, 3.63) is 23.4 Å². The first-order valence-electron chi connectivity index (χ1n) is 6.47. The Morgan fingerprint density at radius 3 is 3.00 bits per heavy atom. The number of halogens is 1. The molecule has 2 heterocycles. The summed E-state index contributed by atoms with van der Waals surface area (Å²) in [6.45, 7) is 2.42. The molecule has 20 heavy (non-hydrogen) atoms. The summed E-state index contributed by atoms with van der Waals surface area (Å²) < 4.78 is 12.8. The lowest BCUT2D eigenvalue weighted by molar-refractivity contribution is 0.172. The summed E-state index contributed by atoms with van der Waals surface area (Å²) in [5.41, 5.74) is 7.09. The van der Waals surface area contributed by atoms with Crippen LogP contribution in [0.1, 0.15) is 6.42 Å². The van der Waals surface area contributed by atoms with E-state index in [1.807, 2.05) is 18.3 Å². The van der Waals surface area contributed by atoms with Gasteiger partial charge in [0.25, 0.3) is 0 Å². The summed E-state index contributed by atoms with van der Waals surface area (Å²) >= 11 is 6.21. The number of hydrogen-bond donors (Lipinski definition) is 1. The molecular formula is C13H15ClN4O2. The summed E-state index contributed by atoms with van der Waals surface area (Å²) in [6.07, 6.45) is 2.74. The minimum atomic E-state index is 0.515. The standard InChI is InChI=1S/C13H15ClN4O2/c14-10-6-9(7-12-13(10)20-5-4-19-12)11-8-18(17-16-11)3-1-2-15/h6-8H,1-5,15H2. The minimum Gasteiger partial charge on any atom is -0.486 e. The third-order valence-electron chi connectivity index (χ3n) is 3.02. The van der Waals surface area contributed by atoms with E-state index in [9.17, 15) is 0 Å². The van der Waals surface area contributed by atoms with Gasteiger partial charge in [-0.2, -0.15) is 0 Å². The Morgan fingerprint density at radius 1 is 1.30 bits per heavy atom. The van der Waals surface area contributed by atoms with Crippen molar-refractivity contribution in [1.29, 1.82) is 0 Å². The van der Waals surface area contributed by atoms with Gasteiger partial charge in [-0.05, 0) is 25.1 Å². The summed E-state index contributed by atoms with van der Waals surface area (Å²) in [6, 6.07) is 3.68. The molecule has 0 atom stereocenters. The van der Waals surface area contributed by atoms with Crippen LogP contribution < -0.4 is 15.2 Å². The van der Waals surface area contributed by atoms with E-state index < -0.39 is 0 Å². The summed E-state index contributed by atoms with van der Waals surface area (Å²) in [5.74, 6) is 1.24. The van der Waals surface area contributed by atoms with Gasteiger partial charge in [0.1, 0.15) is 18.9 Å². The molecule has 0 spiro atoms. The molecule has 1 aliphatic rings. The lowest BCUT2D eigenvalue weighted by Crippen LogP contribution is -2.15. The number of rotatable bonds is 4. The molecule has 0 unspecified atom stereocenters. The molecule has 0 bridgehead atoms. The zero-order chi connectivity index (χ0) is 13.9. The normalized spacial score (nSPS) is 13.5. The predicted molar refractivity (Wildman–Crippen MR) is 75.1 cm³/mol. The van der Waals surface area contributed by atoms with Crippen molar-refractivity contribution in [2.75, 3.05) is 19.8 Å². The van der Waals surface area contributed by atoms with Gasteiger partial charge in [-0.1, -0.05) is 16.8 Å². The third-order valence-corrected chi connectivity index (χ3v) is 3.30. The fourth-order valence-corrected chi connectivity index (χ4v) is 2.32. The van der Waals surface area contributed by atoms with E-state index in [-0.39, 0.29) is 0 Å². The number of aryl methyl sites for hydroxylation is 1. The first-order chi connectivity index (χ1) is 9.78. The molecule has 2 aromatic rings. The van der Waals surface area contributed by atoms with E-state index in [0.717, 1.165) is 24.2 Å². The van der Waals surface area contributed by atoms with Crippen LogP contribution in [-0.2, 0) is 6.54 Å². The lowest BCUT2D eigenvalue weighted by Gasteiger charge is -2.19. The maximum absolute atomic E-state index is 6.21. The van der Waals surface area contributed by atoms with E-state index in [2.05, 4.69) is 10.3 Å². The Morgan fingerprint density at radius 2 is 2.15 bits per heavy atom. The molecule has 0 saturated heterocycles. The molecule has 7 heteroatoms. The average Bonchev–Trinajstić information content (AvgIpc) is 2.94. The van der Waals surface area contributed by atoms with Crippen molar-refractivity contribution >= 4 is 11.6 Å². The van der Waals surface area contributed by atoms with Crippen LogP contribution in [0.4, 0.5) is 0 Å². The van der Waals surface area contributed by atoms with Crippen LogP contribution in [0.25, 0.3) is 11.3 Å². The monoisotopic (exact) mass is 294 g/mol. The van der Waals surface area contributed by atoms with Crippen molar-refractivity contribution in [1.82, 2.24) is 15.0 Å². The molecule has 1 aromatic heterocycles. The maximum Gasteiger partial charge on any atom is 0.179 e. The van der Waals surface area contributed by atoms with E-state index in [4.69, 9.17) is 26.8 Å². The number of nitrogens with two attached hydrogens (primary N) is 1. The van der Waals surface area contributed by atoms with Gasteiger partial charge in [-0.25, -0.2) is 0 Å².